The number of nitrogens with one attached hydrogen (secondary N) is 1. The van der Waals surface area contributed by atoms with Crippen molar-refractivity contribution in [3.8, 4) is 6.07 Å². The van der Waals surface area contributed by atoms with Gasteiger partial charge in [-0.3, -0.25) is 9.59 Å². The molecule has 2 rings (SSSR count). The largest absolute Gasteiger partial charge is 0.326 e. The van der Waals surface area contributed by atoms with E-state index in [0.29, 0.717) is 16.8 Å². The average Bonchev–Trinajstić information content (AvgIpc) is 2.53. The molecule has 108 valence electrons. The molecule has 0 fully saturated rings. The van der Waals surface area contributed by atoms with E-state index in [2.05, 4.69) is 5.32 Å². The molecule has 0 saturated carbocycles. The molecule has 0 aliphatic rings. The van der Waals surface area contributed by atoms with Gasteiger partial charge in [0.2, 0.25) is 5.91 Å². The van der Waals surface area contributed by atoms with Gasteiger partial charge in [0.25, 0.3) is 0 Å². The molecule has 0 atom stereocenters. The van der Waals surface area contributed by atoms with Crippen LogP contribution < -0.4 is 5.32 Å². The summed E-state index contributed by atoms with van der Waals surface area (Å²) in [7, 11) is 0. The smallest absolute Gasteiger partial charge is 0.221 e. The summed E-state index contributed by atoms with van der Waals surface area (Å²) in [6, 6.07) is 15.7. The van der Waals surface area contributed by atoms with Gasteiger partial charge in [-0.15, -0.1) is 0 Å². The number of benzene rings is 2. The predicted octanol–water partition coefficient (Wildman–Crippen LogP) is 3.41. The van der Waals surface area contributed by atoms with Crippen molar-refractivity contribution in [1.82, 2.24) is 0 Å². The van der Waals surface area contributed by atoms with Gasteiger partial charge in [-0.25, -0.2) is 0 Å². The molecule has 2 aromatic rings. The van der Waals surface area contributed by atoms with Crippen molar-refractivity contribution in [3.05, 3.63) is 71.3 Å². The van der Waals surface area contributed by atoms with Crippen molar-refractivity contribution in [3.63, 3.8) is 0 Å². The lowest BCUT2D eigenvalue weighted by molar-refractivity contribution is -0.114. The van der Waals surface area contributed by atoms with Crippen LogP contribution in [-0.4, -0.2) is 11.7 Å². The molecule has 4 nitrogen and oxygen atoms in total. The van der Waals surface area contributed by atoms with Gasteiger partial charge >= 0.3 is 0 Å². The summed E-state index contributed by atoms with van der Waals surface area (Å²) < 4.78 is 0. The van der Waals surface area contributed by atoms with Crippen LogP contribution in [0.4, 0.5) is 5.69 Å². The van der Waals surface area contributed by atoms with Crippen molar-refractivity contribution in [1.29, 1.82) is 5.26 Å². The molecule has 1 amide bonds. The Morgan fingerprint density at radius 2 is 1.86 bits per heavy atom. The molecule has 1 N–H and O–H groups in total. The molecule has 0 bridgehead atoms. The number of carbonyl (C=O) groups excluding carboxylic acids is 2. The van der Waals surface area contributed by atoms with E-state index in [0.717, 1.165) is 5.56 Å². The highest BCUT2D eigenvalue weighted by atomic mass is 16.1. The summed E-state index contributed by atoms with van der Waals surface area (Å²) in [6.45, 7) is 1.45. The van der Waals surface area contributed by atoms with Crippen LogP contribution in [0.3, 0.4) is 0 Å². The maximum Gasteiger partial charge on any atom is 0.221 e. The molecule has 0 saturated heterocycles. The molecule has 0 aromatic heterocycles. The second-order valence-electron chi connectivity index (χ2n) is 4.69. The van der Waals surface area contributed by atoms with Gasteiger partial charge in [0.05, 0.1) is 11.6 Å². The molecular formula is C18H14N2O2. The van der Waals surface area contributed by atoms with Crippen molar-refractivity contribution < 1.29 is 9.59 Å². The lowest BCUT2D eigenvalue weighted by atomic mass is 10.1. The molecule has 0 spiro atoms. The third kappa shape index (κ3) is 4.15. The Balaban J connectivity index is 2.09. The van der Waals surface area contributed by atoms with Crippen LogP contribution in [0, 0.1) is 11.3 Å². The number of amides is 1. The van der Waals surface area contributed by atoms with Crippen LogP contribution in [0.15, 0.2) is 54.6 Å². The summed E-state index contributed by atoms with van der Waals surface area (Å²) >= 11 is 0. The first kappa shape index (κ1) is 15.2. The zero-order valence-corrected chi connectivity index (χ0v) is 12.0. The van der Waals surface area contributed by atoms with Crippen molar-refractivity contribution >= 4 is 23.5 Å². The van der Waals surface area contributed by atoms with E-state index in [1.54, 1.807) is 54.6 Å². The minimum absolute atomic E-state index is 0.129. The van der Waals surface area contributed by atoms with Crippen molar-refractivity contribution in [2.45, 2.75) is 6.92 Å². The molecule has 0 unspecified atom stereocenters. The second kappa shape index (κ2) is 7.00. The highest BCUT2D eigenvalue weighted by Gasteiger charge is 2.02. The monoisotopic (exact) mass is 290 g/mol. The number of anilines is 1. The minimum Gasteiger partial charge on any atom is -0.326 e. The fourth-order valence-corrected chi connectivity index (χ4v) is 1.89. The van der Waals surface area contributed by atoms with Crippen LogP contribution in [0.1, 0.15) is 28.4 Å². The van der Waals surface area contributed by atoms with Crippen LogP contribution in [0.25, 0.3) is 6.08 Å². The summed E-state index contributed by atoms with van der Waals surface area (Å²) in [5.41, 5.74) is 2.49. The van der Waals surface area contributed by atoms with E-state index in [4.69, 9.17) is 5.26 Å². The fraction of sp³-hybridized carbons (Fsp3) is 0.0556. The van der Waals surface area contributed by atoms with Gasteiger partial charge in [0.15, 0.2) is 5.78 Å². The molecule has 0 aliphatic heterocycles. The Morgan fingerprint density at radius 3 is 2.50 bits per heavy atom. The fourth-order valence-electron chi connectivity index (χ4n) is 1.89. The number of hydrogen-bond acceptors (Lipinski definition) is 3. The Kier molecular flexibility index (Phi) is 4.84. The van der Waals surface area contributed by atoms with E-state index >= 15 is 0 Å². The maximum absolute atomic E-state index is 12.0. The van der Waals surface area contributed by atoms with Gasteiger partial charge in [-0.2, -0.15) is 5.26 Å². The molecule has 4 heteroatoms. The van der Waals surface area contributed by atoms with Crippen molar-refractivity contribution in [2.24, 2.45) is 0 Å². The number of carbonyl (C=O) groups is 2. The highest BCUT2D eigenvalue weighted by Crippen LogP contribution is 2.12. The number of rotatable bonds is 4. The summed E-state index contributed by atoms with van der Waals surface area (Å²) in [5.74, 6) is -0.293. The first-order valence-electron chi connectivity index (χ1n) is 6.69. The summed E-state index contributed by atoms with van der Waals surface area (Å²) in [5, 5.41) is 11.5. The van der Waals surface area contributed by atoms with Gasteiger partial charge in [-0.05, 0) is 35.9 Å². The molecule has 0 radical (unpaired) electrons. The highest BCUT2D eigenvalue weighted by molar-refractivity contribution is 6.07. The molecule has 2 aromatic carbocycles. The Bertz CT molecular complexity index is 768. The molecule has 22 heavy (non-hydrogen) atoms. The zero-order valence-electron chi connectivity index (χ0n) is 12.0. The SMILES string of the molecule is CC(=O)Nc1ccc(/C=C/C(=O)c2cccc(C#N)c2)cc1. The first-order chi connectivity index (χ1) is 10.6. The van der Waals surface area contributed by atoms with E-state index in [1.165, 1.54) is 13.0 Å². The standard InChI is InChI=1S/C18H14N2O2/c1-13(21)20-17-8-5-14(6-9-17)7-10-18(22)16-4-2-3-15(11-16)12-19/h2-11H,1H3,(H,20,21)/b10-7+. The van der Waals surface area contributed by atoms with Gasteiger partial charge in [0.1, 0.15) is 0 Å². The van der Waals surface area contributed by atoms with Crippen LogP contribution in [-0.2, 0) is 4.79 Å². The Labute approximate surface area is 128 Å². The molecule has 0 heterocycles. The van der Waals surface area contributed by atoms with Crippen LogP contribution in [0.2, 0.25) is 0 Å². The quantitative estimate of drug-likeness (QED) is 0.693. The predicted molar refractivity (Wildman–Crippen MR) is 85.3 cm³/mol. The van der Waals surface area contributed by atoms with E-state index in [9.17, 15) is 9.59 Å². The maximum atomic E-state index is 12.0. The number of hydrogen-bond donors (Lipinski definition) is 1. The number of nitriles is 1. The lowest BCUT2D eigenvalue weighted by Crippen LogP contribution is -2.05. The topological polar surface area (TPSA) is 70.0 Å². The summed E-state index contributed by atoms with van der Waals surface area (Å²) in [6.07, 6.45) is 3.16. The van der Waals surface area contributed by atoms with Crippen molar-refractivity contribution in [2.75, 3.05) is 5.32 Å². The van der Waals surface area contributed by atoms with E-state index in [-0.39, 0.29) is 11.7 Å². The normalized spacial score (nSPS) is 10.2. The zero-order chi connectivity index (χ0) is 15.9. The Hall–Kier alpha value is -3.19. The molecular weight excluding hydrogens is 276 g/mol. The lowest BCUT2D eigenvalue weighted by Gasteiger charge is -2.01. The second-order valence-corrected chi connectivity index (χ2v) is 4.69. The van der Waals surface area contributed by atoms with Crippen LogP contribution in [0.5, 0.6) is 0 Å². The number of nitrogens with zero attached hydrogens (tertiary/aromatic N) is 1. The average molecular weight is 290 g/mol. The van der Waals surface area contributed by atoms with Gasteiger partial charge in [-0.1, -0.05) is 30.3 Å². The number of allylic oxidation sites excluding steroid dienone is 1. The third-order valence-electron chi connectivity index (χ3n) is 2.93. The first-order valence-corrected chi connectivity index (χ1v) is 6.69. The van der Waals surface area contributed by atoms with E-state index in [1.807, 2.05) is 6.07 Å². The Morgan fingerprint density at radius 1 is 1.14 bits per heavy atom. The molecule has 0 aliphatic carbocycles. The summed E-state index contributed by atoms with van der Waals surface area (Å²) in [4.78, 5) is 23.0. The van der Waals surface area contributed by atoms with Gasteiger partial charge < -0.3 is 5.32 Å². The third-order valence-corrected chi connectivity index (χ3v) is 2.93. The van der Waals surface area contributed by atoms with Gasteiger partial charge in [0, 0.05) is 18.2 Å². The number of ketones is 1. The van der Waals surface area contributed by atoms with Crippen LogP contribution >= 0.6 is 0 Å². The minimum atomic E-state index is -0.164. The van der Waals surface area contributed by atoms with E-state index < -0.39 is 0 Å².